The monoisotopic (exact) mass is 413 g/mol. The standard InChI is InChI=1S/C18H17ClFNO5S/c1-11(22)12(2)26-18(23)16-10-15(8-9-17(16)19)27(24,25)21(3)14-6-4-13(20)5-7-14/h4-10,12H,1-3H3/t12-/m0/s1. The van der Waals surface area contributed by atoms with Gasteiger partial charge in [0.15, 0.2) is 11.9 Å². The van der Waals surface area contributed by atoms with E-state index in [0.29, 0.717) is 0 Å². The lowest BCUT2D eigenvalue weighted by Gasteiger charge is -2.20. The predicted octanol–water partition coefficient (Wildman–Crippen LogP) is 3.44. The van der Waals surface area contributed by atoms with E-state index in [1.807, 2.05) is 0 Å². The number of hydrogen-bond donors (Lipinski definition) is 0. The number of anilines is 1. The zero-order valence-electron chi connectivity index (χ0n) is 14.8. The predicted molar refractivity (Wildman–Crippen MR) is 99.0 cm³/mol. The summed E-state index contributed by atoms with van der Waals surface area (Å²) >= 11 is 5.98. The van der Waals surface area contributed by atoms with Crippen LogP contribution < -0.4 is 4.31 Å². The maximum absolute atomic E-state index is 13.1. The van der Waals surface area contributed by atoms with Gasteiger partial charge < -0.3 is 4.74 Å². The second kappa shape index (κ2) is 8.06. The Bertz CT molecular complexity index is 976. The van der Waals surface area contributed by atoms with E-state index in [9.17, 15) is 22.4 Å². The lowest BCUT2D eigenvalue weighted by Crippen LogP contribution is -2.27. The van der Waals surface area contributed by atoms with Gasteiger partial charge in [-0.3, -0.25) is 9.10 Å². The van der Waals surface area contributed by atoms with E-state index < -0.39 is 27.9 Å². The van der Waals surface area contributed by atoms with Crippen LogP contribution in [0.5, 0.6) is 0 Å². The fourth-order valence-electron chi connectivity index (χ4n) is 2.08. The Hall–Kier alpha value is -2.45. The molecule has 0 unspecified atom stereocenters. The highest BCUT2D eigenvalue weighted by Gasteiger charge is 2.25. The molecule has 0 aliphatic carbocycles. The SMILES string of the molecule is CC(=O)[C@H](C)OC(=O)c1cc(S(=O)(=O)N(C)c2ccc(F)cc2)ccc1Cl. The van der Waals surface area contributed by atoms with Gasteiger partial charge in [0.05, 0.1) is 21.2 Å². The zero-order valence-corrected chi connectivity index (χ0v) is 16.3. The molecule has 2 rings (SSSR count). The third kappa shape index (κ3) is 4.64. The summed E-state index contributed by atoms with van der Waals surface area (Å²) in [4.78, 5) is 23.3. The minimum atomic E-state index is -4.04. The molecule has 144 valence electrons. The minimum absolute atomic E-state index is 0.0147. The number of carbonyl (C=O) groups excluding carboxylic acids is 2. The second-order valence-electron chi connectivity index (χ2n) is 5.75. The number of rotatable bonds is 6. The fraction of sp³-hybridized carbons (Fsp3) is 0.222. The van der Waals surface area contributed by atoms with Gasteiger partial charge >= 0.3 is 5.97 Å². The van der Waals surface area contributed by atoms with Crippen LogP contribution in [0.25, 0.3) is 0 Å². The molecule has 0 spiro atoms. The highest BCUT2D eigenvalue weighted by atomic mass is 35.5. The van der Waals surface area contributed by atoms with E-state index in [1.54, 1.807) is 0 Å². The molecule has 2 aromatic carbocycles. The molecule has 0 fully saturated rings. The summed E-state index contributed by atoms with van der Waals surface area (Å²) in [6.45, 7) is 2.66. The van der Waals surface area contributed by atoms with Crippen LogP contribution in [0.15, 0.2) is 47.4 Å². The van der Waals surface area contributed by atoms with Gasteiger partial charge in [-0.1, -0.05) is 11.6 Å². The molecule has 27 heavy (non-hydrogen) atoms. The Morgan fingerprint density at radius 2 is 1.74 bits per heavy atom. The molecule has 0 saturated carbocycles. The number of esters is 1. The van der Waals surface area contributed by atoms with Crippen LogP contribution in [0.1, 0.15) is 24.2 Å². The molecule has 0 aliphatic rings. The highest BCUT2D eigenvalue weighted by Crippen LogP contribution is 2.26. The number of ketones is 1. The third-order valence-electron chi connectivity index (χ3n) is 3.86. The van der Waals surface area contributed by atoms with Crippen molar-refractivity contribution >= 4 is 39.1 Å². The molecule has 0 radical (unpaired) electrons. The van der Waals surface area contributed by atoms with Gasteiger partial charge in [0, 0.05) is 7.05 Å². The lowest BCUT2D eigenvalue weighted by atomic mass is 10.2. The number of nitrogens with zero attached hydrogens (tertiary/aromatic N) is 1. The molecular formula is C18H17ClFNO5S. The average Bonchev–Trinajstić information content (AvgIpc) is 2.61. The van der Waals surface area contributed by atoms with Gasteiger partial charge in [0.2, 0.25) is 0 Å². The summed E-state index contributed by atoms with van der Waals surface area (Å²) in [7, 11) is -2.75. The number of carbonyl (C=O) groups is 2. The Balaban J connectivity index is 2.39. The number of halogens is 2. The van der Waals surface area contributed by atoms with Crippen LogP contribution in [-0.4, -0.2) is 33.3 Å². The van der Waals surface area contributed by atoms with Crippen molar-refractivity contribution in [2.75, 3.05) is 11.4 Å². The molecule has 0 aliphatic heterocycles. The van der Waals surface area contributed by atoms with E-state index in [-0.39, 0.29) is 27.0 Å². The molecule has 0 aromatic heterocycles. The van der Waals surface area contributed by atoms with E-state index >= 15 is 0 Å². The van der Waals surface area contributed by atoms with Gasteiger partial charge in [-0.15, -0.1) is 0 Å². The Kier molecular flexibility index (Phi) is 6.22. The van der Waals surface area contributed by atoms with Crippen molar-refractivity contribution in [2.24, 2.45) is 0 Å². The van der Waals surface area contributed by atoms with Crippen molar-refractivity contribution in [2.45, 2.75) is 24.8 Å². The molecule has 9 heteroatoms. The van der Waals surface area contributed by atoms with Crippen molar-refractivity contribution in [1.29, 1.82) is 0 Å². The van der Waals surface area contributed by atoms with E-state index in [0.717, 1.165) is 22.5 Å². The first-order chi connectivity index (χ1) is 12.5. The Labute approximate surface area is 161 Å². The minimum Gasteiger partial charge on any atom is -0.451 e. The number of benzene rings is 2. The van der Waals surface area contributed by atoms with Gasteiger partial charge in [0.1, 0.15) is 5.82 Å². The first kappa shape index (κ1) is 20.9. The van der Waals surface area contributed by atoms with Crippen molar-refractivity contribution in [3.8, 4) is 0 Å². The van der Waals surface area contributed by atoms with Crippen LogP contribution in [0.2, 0.25) is 5.02 Å². The van der Waals surface area contributed by atoms with E-state index in [2.05, 4.69) is 0 Å². The number of sulfonamides is 1. The molecule has 6 nitrogen and oxygen atoms in total. The van der Waals surface area contributed by atoms with Crippen molar-refractivity contribution < 1.29 is 27.1 Å². The van der Waals surface area contributed by atoms with E-state index in [1.165, 1.54) is 45.2 Å². The molecule has 0 heterocycles. The summed E-state index contributed by atoms with van der Waals surface area (Å²) < 4.78 is 44.6. The van der Waals surface area contributed by atoms with Crippen molar-refractivity contribution in [1.82, 2.24) is 0 Å². The maximum Gasteiger partial charge on any atom is 0.340 e. The average molecular weight is 414 g/mol. The largest absolute Gasteiger partial charge is 0.451 e. The van der Waals surface area contributed by atoms with Crippen molar-refractivity contribution in [3.63, 3.8) is 0 Å². The molecule has 1 atom stereocenters. The van der Waals surface area contributed by atoms with Crippen LogP contribution in [0.3, 0.4) is 0 Å². The van der Waals surface area contributed by atoms with Gasteiger partial charge in [-0.2, -0.15) is 0 Å². The second-order valence-corrected chi connectivity index (χ2v) is 8.13. The summed E-state index contributed by atoms with van der Waals surface area (Å²) in [6.07, 6.45) is -0.990. The molecule has 0 bridgehead atoms. The molecule has 2 aromatic rings. The summed E-state index contributed by atoms with van der Waals surface area (Å²) in [6, 6.07) is 8.46. The normalized spacial score (nSPS) is 12.3. The van der Waals surface area contributed by atoms with E-state index in [4.69, 9.17) is 16.3 Å². The molecule has 0 N–H and O–H groups in total. The molecule has 0 saturated heterocycles. The van der Waals surface area contributed by atoms with Gasteiger partial charge in [0.25, 0.3) is 10.0 Å². The summed E-state index contributed by atoms with van der Waals surface area (Å²) in [5, 5.41) is -0.0147. The van der Waals surface area contributed by atoms with Crippen LogP contribution in [0, 0.1) is 5.82 Å². The highest BCUT2D eigenvalue weighted by molar-refractivity contribution is 7.92. The maximum atomic E-state index is 13.1. The first-order valence-electron chi connectivity index (χ1n) is 7.79. The summed E-state index contributed by atoms with van der Waals surface area (Å²) in [5.74, 6) is -1.77. The number of ether oxygens (including phenoxy) is 1. The van der Waals surface area contributed by atoms with Gasteiger partial charge in [-0.25, -0.2) is 17.6 Å². The first-order valence-corrected chi connectivity index (χ1v) is 9.61. The van der Waals surface area contributed by atoms with Crippen molar-refractivity contribution in [3.05, 3.63) is 58.9 Å². The Morgan fingerprint density at radius 1 is 1.15 bits per heavy atom. The Morgan fingerprint density at radius 3 is 2.30 bits per heavy atom. The smallest absolute Gasteiger partial charge is 0.340 e. The quantitative estimate of drug-likeness (QED) is 0.677. The number of hydrogen-bond acceptors (Lipinski definition) is 5. The van der Waals surface area contributed by atoms with Crippen LogP contribution >= 0.6 is 11.6 Å². The van der Waals surface area contributed by atoms with Gasteiger partial charge in [-0.05, 0) is 56.3 Å². The zero-order chi connectivity index (χ0) is 20.4. The summed E-state index contributed by atoms with van der Waals surface area (Å²) in [5.41, 5.74) is 0.0547. The van der Waals surface area contributed by atoms with Crippen LogP contribution in [0.4, 0.5) is 10.1 Å². The lowest BCUT2D eigenvalue weighted by molar-refractivity contribution is -0.124. The topological polar surface area (TPSA) is 80.8 Å². The van der Waals surface area contributed by atoms with Crippen LogP contribution in [-0.2, 0) is 19.6 Å². The fourth-order valence-corrected chi connectivity index (χ4v) is 3.49. The number of Topliss-reactive ketones (excluding diaryl/α,β-unsaturated/α-hetero) is 1. The third-order valence-corrected chi connectivity index (χ3v) is 5.97. The molecular weight excluding hydrogens is 397 g/mol. The molecule has 0 amide bonds.